The molecule has 0 radical (unpaired) electrons. The van der Waals surface area contributed by atoms with Crippen LogP contribution in [0.1, 0.15) is 30.5 Å². The predicted molar refractivity (Wildman–Crippen MR) is 145 cm³/mol. The van der Waals surface area contributed by atoms with Gasteiger partial charge in [-0.05, 0) is 52.4 Å². The maximum Gasteiger partial charge on any atom is 0.349 e. The molecule has 1 unspecified atom stereocenters. The van der Waals surface area contributed by atoms with Gasteiger partial charge in [-0.2, -0.15) is 0 Å². The van der Waals surface area contributed by atoms with Gasteiger partial charge in [0.15, 0.2) is 5.57 Å². The SMILES string of the molecule is Cc1ccc(-c2ccc3c(c2)S(=O)c2cc(-c4ccccc4)ccc2C3=C2C(=O)OC(C)(C)OC2=O)cc1. The average Bonchev–Trinajstić information content (AvgIpc) is 2.90. The summed E-state index contributed by atoms with van der Waals surface area (Å²) in [6, 6.07) is 29.1. The van der Waals surface area contributed by atoms with Crippen LogP contribution in [0.5, 0.6) is 0 Å². The van der Waals surface area contributed by atoms with E-state index in [1.807, 2.05) is 97.9 Å². The maximum atomic E-state index is 14.1. The van der Waals surface area contributed by atoms with Gasteiger partial charge in [0, 0.05) is 19.4 Å². The van der Waals surface area contributed by atoms with Crippen LogP contribution in [-0.2, 0) is 29.9 Å². The lowest BCUT2D eigenvalue weighted by Crippen LogP contribution is -2.42. The normalized spacial score (nSPS) is 17.8. The number of cyclic esters (lactones) is 2. The second-order valence-electron chi connectivity index (χ2n) is 9.85. The Morgan fingerprint density at radius 3 is 1.61 bits per heavy atom. The molecule has 38 heavy (non-hydrogen) atoms. The Morgan fingerprint density at radius 1 is 0.605 bits per heavy atom. The number of benzene rings is 4. The lowest BCUT2D eigenvalue weighted by Gasteiger charge is -2.32. The van der Waals surface area contributed by atoms with Crippen molar-refractivity contribution < 1.29 is 23.3 Å². The largest absolute Gasteiger partial charge is 0.419 e. The molecule has 4 aromatic rings. The Balaban J connectivity index is 1.60. The van der Waals surface area contributed by atoms with Crippen LogP contribution in [0, 0.1) is 6.92 Å². The van der Waals surface area contributed by atoms with Gasteiger partial charge in [-0.15, -0.1) is 0 Å². The molecule has 1 fully saturated rings. The lowest BCUT2D eigenvalue weighted by atomic mass is 9.89. The molecule has 6 heteroatoms. The molecule has 0 saturated carbocycles. The molecule has 188 valence electrons. The molecule has 1 saturated heterocycles. The molecule has 4 aromatic carbocycles. The first-order valence-corrected chi connectivity index (χ1v) is 13.4. The zero-order chi connectivity index (χ0) is 26.6. The van der Waals surface area contributed by atoms with E-state index in [-0.39, 0.29) is 5.57 Å². The zero-order valence-corrected chi connectivity index (χ0v) is 21.9. The number of hydrogen-bond acceptors (Lipinski definition) is 5. The first-order chi connectivity index (χ1) is 18.2. The molecule has 0 spiro atoms. The summed E-state index contributed by atoms with van der Waals surface area (Å²) in [6.45, 7) is 5.05. The number of carbonyl (C=O) groups is 2. The topological polar surface area (TPSA) is 69.7 Å². The van der Waals surface area contributed by atoms with Crippen LogP contribution in [0.4, 0.5) is 0 Å². The minimum absolute atomic E-state index is 0.195. The molecule has 0 amide bonds. The minimum atomic E-state index is -1.56. The number of hydrogen-bond donors (Lipinski definition) is 0. The molecule has 0 bridgehead atoms. The molecular formula is C32H24O5S. The van der Waals surface area contributed by atoms with Crippen molar-refractivity contribution >= 4 is 28.3 Å². The van der Waals surface area contributed by atoms with E-state index in [9.17, 15) is 13.8 Å². The number of fused-ring (bicyclic) bond motifs is 2. The molecule has 5 nitrogen and oxygen atoms in total. The maximum absolute atomic E-state index is 14.1. The van der Waals surface area contributed by atoms with Crippen molar-refractivity contribution in [1.29, 1.82) is 0 Å². The van der Waals surface area contributed by atoms with Crippen molar-refractivity contribution in [3.63, 3.8) is 0 Å². The third-order valence-electron chi connectivity index (χ3n) is 6.73. The smallest absolute Gasteiger partial charge is 0.349 e. The Bertz CT molecular complexity index is 1660. The first kappa shape index (κ1) is 24.1. The van der Waals surface area contributed by atoms with E-state index in [1.165, 1.54) is 13.8 Å². The van der Waals surface area contributed by atoms with Crippen molar-refractivity contribution in [2.24, 2.45) is 0 Å². The van der Waals surface area contributed by atoms with E-state index in [0.717, 1.165) is 27.8 Å². The van der Waals surface area contributed by atoms with Crippen LogP contribution in [0.15, 0.2) is 106 Å². The van der Waals surface area contributed by atoms with Crippen molar-refractivity contribution in [3.05, 3.63) is 113 Å². The first-order valence-electron chi connectivity index (χ1n) is 12.3. The van der Waals surface area contributed by atoms with E-state index in [1.54, 1.807) is 0 Å². The summed E-state index contributed by atoms with van der Waals surface area (Å²) >= 11 is 0. The number of ether oxygens (including phenoxy) is 2. The second kappa shape index (κ2) is 8.92. The van der Waals surface area contributed by atoms with Crippen LogP contribution in [0.25, 0.3) is 27.8 Å². The van der Waals surface area contributed by atoms with Gasteiger partial charge in [0.05, 0.1) is 20.6 Å². The van der Waals surface area contributed by atoms with Crippen LogP contribution in [-0.4, -0.2) is 21.9 Å². The molecule has 2 aliphatic rings. The van der Waals surface area contributed by atoms with Crippen LogP contribution >= 0.6 is 0 Å². The van der Waals surface area contributed by atoms with Gasteiger partial charge in [-0.1, -0.05) is 84.4 Å². The van der Waals surface area contributed by atoms with Crippen LogP contribution in [0.2, 0.25) is 0 Å². The Morgan fingerprint density at radius 2 is 1.08 bits per heavy atom. The van der Waals surface area contributed by atoms with Crippen molar-refractivity contribution in [2.45, 2.75) is 36.3 Å². The number of rotatable bonds is 2. The molecule has 0 N–H and O–H groups in total. The predicted octanol–water partition coefficient (Wildman–Crippen LogP) is 6.45. The van der Waals surface area contributed by atoms with Gasteiger partial charge < -0.3 is 9.47 Å². The number of esters is 2. The molecule has 0 aliphatic carbocycles. The van der Waals surface area contributed by atoms with Crippen molar-refractivity contribution in [1.82, 2.24) is 0 Å². The van der Waals surface area contributed by atoms with E-state index >= 15 is 0 Å². The Labute approximate surface area is 223 Å². The van der Waals surface area contributed by atoms with Crippen LogP contribution in [0.3, 0.4) is 0 Å². The highest BCUT2D eigenvalue weighted by Crippen LogP contribution is 2.45. The number of carbonyl (C=O) groups excluding carboxylic acids is 2. The van der Waals surface area contributed by atoms with Gasteiger partial charge in [-0.25, -0.2) is 13.8 Å². The van der Waals surface area contributed by atoms with E-state index in [4.69, 9.17) is 9.47 Å². The van der Waals surface area contributed by atoms with Gasteiger partial charge in [0.25, 0.3) is 5.79 Å². The summed E-state index contributed by atoms with van der Waals surface area (Å²) in [6.07, 6.45) is 0. The van der Waals surface area contributed by atoms with Gasteiger partial charge in [-0.3, -0.25) is 0 Å². The highest BCUT2D eigenvalue weighted by molar-refractivity contribution is 7.85. The molecule has 0 aromatic heterocycles. The van der Waals surface area contributed by atoms with E-state index in [2.05, 4.69) is 0 Å². The van der Waals surface area contributed by atoms with Crippen molar-refractivity contribution in [3.8, 4) is 22.3 Å². The molecule has 1 atom stereocenters. The lowest BCUT2D eigenvalue weighted by molar-refractivity contribution is -0.222. The summed E-state index contributed by atoms with van der Waals surface area (Å²) in [5.41, 5.74) is 6.13. The van der Waals surface area contributed by atoms with E-state index < -0.39 is 28.5 Å². The highest BCUT2D eigenvalue weighted by Gasteiger charge is 2.43. The highest BCUT2D eigenvalue weighted by atomic mass is 32.2. The average molecular weight is 521 g/mol. The molecule has 2 heterocycles. The summed E-state index contributed by atoms with van der Waals surface area (Å²) in [7, 11) is -1.56. The van der Waals surface area contributed by atoms with Gasteiger partial charge in [0.2, 0.25) is 0 Å². The van der Waals surface area contributed by atoms with Gasteiger partial charge in [0.1, 0.15) is 0 Å². The minimum Gasteiger partial charge on any atom is -0.419 e. The summed E-state index contributed by atoms with van der Waals surface area (Å²) in [5.74, 6) is -2.89. The third kappa shape index (κ3) is 4.07. The summed E-state index contributed by atoms with van der Waals surface area (Å²) in [4.78, 5) is 27.4. The molecule has 2 aliphatic heterocycles. The van der Waals surface area contributed by atoms with Crippen molar-refractivity contribution in [2.75, 3.05) is 0 Å². The Hall–Kier alpha value is -4.29. The van der Waals surface area contributed by atoms with E-state index in [0.29, 0.717) is 26.5 Å². The number of aryl methyl sites for hydroxylation is 1. The third-order valence-corrected chi connectivity index (χ3v) is 8.20. The second-order valence-corrected chi connectivity index (χ2v) is 11.3. The summed E-state index contributed by atoms with van der Waals surface area (Å²) < 4.78 is 25.0. The zero-order valence-electron chi connectivity index (χ0n) is 21.1. The molecular weight excluding hydrogens is 496 g/mol. The summed E-state index contributed by atoms with van der Waals surface area (Å²) in [5, 5.41) is 0. The quantitative estimate of drug-likeness (QED) is 0.152. The fraction of sp³-hybridized carbons (Fsp3) is 0.125. The van der Waals surface area contributed by atoms with Gasteiger partial charge >= 0.3 is 11.9 Å². The fourth-order valence-corrected chi connectivity index (χ4v) is 6.33. The molecule has 6 rings (SSSR count). The fourth-order valence-electron chi connectivity index (χ4n) is 4.89. The van der Waals surface area contributed by atoms with Crippen LogP contribution < -0.4 is 0 Å². The standard InChI is InChI=1S/C32H24O5S/c1-19-9-11-21(12-10-19)23-14-16-25-27(18-23)38(35)26-17-22(20-7-5-4-6-8-20)13-15-24(26)28(25)29-30(33)36-32(2,3)37-31(29)34/h4-18H,1-3H3. The Kier molecular flexibility index (Phi) is 5.65. The monoisotopic (exact) mass is 520 g/mol.